The highest BCUT2D eigenvalue weighted by Gasteiger charge is 2.00. The Morgan fingerprint density at radius 2 is 1.85 bits per heavy atom. The second kappa shape index (κ2) is 4.77. The van der Waals surface area contributed by atoms with E-state index in [2.05, 4.69) is 5.32 Å². The minimum absolute atomic E-state index is 0.273. The first kappa shape index (κ1) is 9.92. The van der Waals surface area contributed by atoms with E-state index in [1.54, 1.807) is 12.1 Å². The molecule has 2 nitrogen and oxygen atoms in total. The Labute approximate surface area is 75.7 Å². The molecule has 4 heteroatoms. The van der Waals surface area contributed by atoms with Crippen LogP contribution in [0.2, 0.25) is 0 Å². The molecule has 0 unspecified atom stereocenters. The van der Waals surface area contributed by atoms with Crippen LogP contribution < -0.4 is 11.1 Å². The molecule has 0 bridgehead atoms. The van der Waals surface area contributed by atoms with Crippen molar-refractivity contribution in [1.29, 1.82) is 0 Å². The quantitative estimate of drug-likeness (QED) is 0.701. The standard InChI is InChI=1S/C9H12F2N2/c10-9(11)6-13-5-7-1-3-8(12)4-2-7/h1-4,9,13H,5-6,12H2. The summed E-state index contributed by atoms with van der Waals surface area (Å²) in [5.41, 5.74) is 7.10. The maximum atomic E-state index is 11.7. The van der Waals surface area contributed by atoms with Crippen LogP contribution in [0.4, 0.5) is 14.5 Å². The summed E-state index contributed by atoms with van der Waals surface area (Å²) < 4.78 is 23.4. The number of alkyl halides is 2. The van der Waals surface area contributed by atoms with E-state index in [0.29, 0.717) is 12.2 Å². The molecule has 0 aliphatic heterocycles. The number of halogens is 2. The van der Waals surface area contributed by atoms with Crippen LogP contribution in [0.25, 0.3) is 0 Å². The molecule has 0 aromatic heterocycles. The van der Waals surface area contributed by atoms with Gasteiger partial charge in [-0.25, -0.2) is 8.78 Å². The van der Waals surface area contributed by atoms with Gasteiger partial charge in [-0.15, -0.1) is 0 Å². The number of benzene rings is 1. The Morgan fingerprint density at radius 3 is 2.38 bits per heavy atom. The lowest BCUT2D eigenvalue weighted by Crippen LogP contribution is -2.20. The molecule has 0 atom stereocenters. The molecule has 0 amide bonds. The molecular formula is C9H12F2N2. The normalized spacial score (nSPS) is 10.7. The van der Waals surface area contributed by atoms with Gasteiger partial charge in [0, 0.05) is 12.2 Å². The Morgan fingerprint density at radius 1 is 1.23 bits per heavy atom. The summed E-state index contributed by atoms with van der Waals surface area (Å²) in [7, 11) is 0. The summed E-state index contributed by atoms with van der Waals surface area (Å²) in [6.45, 7) is 0.176. The van der Waals surface area contributed by atoms with Gasteiger partial charge in [0.05, 0.1) is 6.54 Å². The first-order chi connectivity index (χ1) is 6.18. The minimum atomic E-state index is -2.30. The molecule has 72 valence electrons. The fourth-order valence-electron chi connectivity index (χ4n) is 0.961. The highest BCUT2D eigenvalue weighted by molar-refractivity contribution is 5.39. The first-order valence-electron chi connectivity index (χ1n) is 4.02. The van der Waals surface area contributed by atoms with Crippen molar-refractivity contribution in [1.82, 2.24) is 5.32 Å². The number of hydrogen-bond donors (Lipinski definition) is 2. The molecule has 1 rings (SSSR count). The van der Waals surface area contributed by atoms with E-state index in [9.17, 15) is 8.78 Å². The van der Waals surface area contributed by atoms with Crippen LogP contribution >= 0.6 is 0 Å². The fourth-order valence-corrected chi connectivity index (χ4v) is 0.961. The second-order valence-electron chi connectivity index (χ2n) is 2.76. The average Bonchev–Trinajstić information content (AvgIpc) is 2.08. The fraction of sp³-hybridized carbons (Fsp3) is 0.333. The zero-order valence-electron chi connectivity index (χ0n) is 7.13. The summed E-state index contributed by atoms with van der Waals surface area (Å²) in [6, 6.07) is 7.13. The van der Waals surface area contributed by atoms with Crippen molar-refractivity contribution in [3.05, 3.63) is 29.8 Å². The van der Waals surface area contributed by atoms with E-state index in [1.165, 1.54) is 0 Å². The van der Waals surface area contributed by atoms with E-state index in [0.717, 1.165) is 5.56 Å². The molecule has 1 aromatic rings. The van der Waals surface area contributed by atoms with Crippen LogP contribution in [0.1, 0.15) is 5.56 Å². The summed E-state index contributed by atoms with van der Waals surface area (Å²) in [5, 5.41) is 2.63. The number of anilines is 1. The van der Waals surface area contributed by atoms with Crippen molar-refractivity contribution in [3.8, 4) is 0 Å². The van der Waals surface area contributed by atoms with E-state index < -0.39 is 6.43 Å². The van der Waals surface area contributed by atoms with Crippen molar-refractivity contribution >= 4 is 5.69 Å². The topological polar surface area (TPSA) is 38.0 Å². The van der Waals surface area contributed by atoms with Gasteiger partial charge >= 0.3 is 0 Å². The minimum Gasteiger partial charge on any atom is -0.399 e. The Bertz CT molecular complexity index is 246. The summed E-state index contributed by atoms with van der Waals surface area (Å²) >= 11 is 0. The molecule has 1 aromatic carbocycles. The number of hydrogen-bond acceptors (Lipinski definition) is 2. The number of nitrogens with two attached hydrogens (primary N) is 1. The van der Waals surface area contributed by atoms with Crippen molar-refractivity contribution in [2.45, 2.75) is 13.0 Å². The van der Waals surface area contributed by atoms with Gasteiger partial charge in [0.15, 0.2) is 0 Å². The zero-order chi connectivity index (χ0) is 9.68. The molecule has 0 saturated heterocycles. The number of nitrogens with one attached hydrogen (secondary N) is 1. The van der Waals surface area contributed by atoms with Gasteiger partial charge in [0.1, 0.15) is 0 Å². The van der Waals surface area contributed by atoms with Crippen LogP contribution in [-0.4, -0.2) is 13.0 Å². The van der Waals surface area contributed by atoms with E-state index in [-0.39, 0.29) is 6.54 Å². The van der Waals surface area contributed by atoms with Crippen LogP contribution in [0.3, 0.4) is 0 Å². The number of nitrogen functional groups attached to an aromatic ring is 1. The monoisotopic (exact) mass is 186 g/mol. The van der Waals surface area contributed by atoms with Gasteiger partial charge in [-0.05, 0) is 17.7 Å². The highest BCUT2D eigenvalue weighted by Crippen LogP contribution is 2.04. The summed E-state index contributed by atoms with van der Waals surface area (Å²) in [5.74, 6) is 0. The van der Waals surface area contributed by atoms with E-state index in [1.807, 2.05) is 12.1 Å². The molecule has 0 aliphatic carbocycles. The molecule has 13 heavy (non-hydrogen) atoms. The van der Waals surface area contributed by atoms with Crippen LogP contribution in [-0.2, 0) is 6.54 Å². The molecule has 0 heterocycles. The highest BCUT2D eigenvalue weighted by atomic mass is 19.3. The summed E-state index contributed by atoms with van der Waals surface area (Å²) in [4.78, 5) is 0. The van der Waals surface area contributed by atoms with Gasteiger partial charge in [-0.1, -0.05) is 12.1 Å². The van der Waals surface area contributed by atoms with Crippen molar-refractivity contribution in [2.24, 2.45) is 0 Å². The van der Waals surface area contributed by atoms with Gasteiger partial charge < -0.3 is 11.1 Å². The first-order valence-corrected chi connectivity index (χ1v) is 4.02. The predicted molar refractivity (Wildman–Crippen MR) is 48.6 cm³/mol. The third-order valence-electron chi connectivity index (χ3n) is 1.61. The predicted octanol–water partition coefficient (Wildman–Crippen LogP) is 1.62. The Kier molecular flexibility index (Phi) is 3.64. The van der Waals surface area contributed by atoms with Gasteiger partial charge in [0.25, 0.3) is 6.43 Å². The van der Waals surface area contributed by atoms with Crippen molar-refractivity contribution in [2.75, 3.05) is 12.3 Å². The molecule has 0 saturated carbocycles. The summed E-state index contributed by atoms with van der Waals surface area (Å²) in [6.07, 6.45) is -2.30. The third kappa shape index (κ3) is 3.85. The Hall–Kier alpha value is -1.16. The van der Waals surface area contributed by atoms with E-state index in [4.69, 9.17) is 5.73 Å². The molecule has 0 aliphatic rings. The molecule has 0 fully saturated rings. The Balaban J connectivity index is 2.33. The van der Waals surface area contributed by atoms with Gasteiger partial charge in [-0.3, -0.25) is 0 Å². The molecule has 3 N–H and O–H groups in total. The van der Waals surface area contributed by atoms with Crippen LogP contribution in [0.5, 0.6) is 0 Å². The maximum absolute atomic E-state index is 11.7. The second-order valence-corrected chi connectivity index (χ2v) is 2.76. The lowest BCUT2D eigenvalue weighted by Gasteiger charge is -2.03. The smallest absolute Gasteiger partial charge is 0.250 e. The largest absolute Gasteiger partial charge is 0.399 e. The van der Waals surface area contributed by atoms with Crippen molar-refractivity contribution < 1.29 is 8.78 Å². The molecule has 0 spiro atoms. The SMILES string of the molecule is Nc1ccc(CNCC(F)F)cc1. The maximum Gasteiger partial charge on any atom is 0.250 e. The van der Waals surface area contributed by atoms with Crippen LogP contribution in [0, 0.1) is 0 Å². The lowest BCUT2D eigenvalue weighted by molar-refractivity contribution is 0.145. The third-order valence-corrected chi connectivity index (χ3v) is 1.61. The van der Waals surface area contributed by atoms with Crippen molar-refractivity contribution in [3.63, 3.8) is 0 Å². The number of rotatable bonds is 4. The lowest BCUT2D eigenvalue weighted by atomic mass is 10.2. The zero-order valence-corrected chi connectivity index (χ0v) is 7.13. The van der Waals surface area contributed by atoms with Gasteiger partial charge in [0.2, 0.25) is 0 Å². The van der Waals surface area contributed by atoms with Gasteiger partial charge in [-0.2, -0.15) is 0 Å². The van der Waals surface area contributed by atoms with E-state index >= 15 is 0 Å². The average molecular weight is 186 g/mol. The molecular weight excluding hydrogens is 174 g/mol. The molecule has 0 radical (unpaired) electrons. The van der Waals surface area contributed by atoms with Crippen LogP contribution in [0.15, 0.2) is 24.3 Å².